The maximum absolute atomic E-state index is 9.27. The second kappa shape index (κ2) is 13.8. The summed E-state index contributed by atoms with van der Waals surface area (Å²) in [5.74, 6) is 0.545. The molecule has 0 spiro atoms. The van der Waals surface area contributed by atoms with Gasteiger partial charge in [0.15, 0.2) is 11.6 Å². The molecule has 4 heteroatoms. The molecule has 0 saturated carbocycles. The number of hydrogen-bond donors (Lipinski definition) is 0. The molecule has 0 bridgehead atoms. The highest BCUT2D eigenvalue weighted by Gasteiger charge is 2.20. The molecule has 55 heavy (non-hydrogen) atoms. The second-order valence-corrected chi connectivity index (χ2v) is 13.0. The summed E-state index contributed by atoms with van der Waals surface area (Å²) in [5.41, 5.74) is 7.89. The Kier molecular flexibility index (Phi) is 6.04. The lowest BCUT2D eigenvalue weighted by Crippen LogP contribution is -2.07. The molecule has 0 radical (unpaired) electrons. The zero-order valence-electron chi connectivity index (χ0n) is 38.2. The Morgan fingerprint density at radius 2 is 0.800 bits per heavy atom. The van der Waals surface area contributed by atoms with Crippen LogP contribution in [0.15, 0.2) is 206 Å². The topological polar surface area (TPSA) is 43.6 Å². The third-order valence-electron chi connectivity index (χ3n) is 9.73. The van der Waals surface area contributed by atoms with Gasteiger partial charge in [0.25, 0.3) is 0 Å². The number of para-hydroxylation sites is 2. The van der Waals surface area contributed by atoms with Crippen molar-refractivity contribution < 1.29 is 12.3 Å². The molecule has 8 aromatic carbocycles. The Bertz CT molecular complexity index is 3420. The summed E-state index contributed by atoms with van der Waals surface area (Å²) in [6.45, 7) is 0. The van der Waals surface area contributed by atoms with Gasteiger partial charge in [-0.2, -0.15) is 9.97 Å². The molecule has 4 nitrogen and oxygen atoms in total. The van der Waals surface area contributed by atoms with Gasteiger partial charge in [-0.05, 0) is 45.0 Å². The van der Waals surface area contributed by atoms with E-state index in [9.17, 15) is 1.37 Å². The molecular formula is C51H34N4. The number of nitrogens with zero attached hydrogens (tertiary/aromatic N) is 4. The molecule has 0 unspecified atom stereocenters. The van der Waals surface area contributed by atoms with E-state index >= 15 is 0 Å². The van der Waals surface area contributed by atoms with Crippen LogP contribution >= 0.6 is 0 Å². The van der Waals surface area contributed by atoms with Crippen LogP contribution in [-0.2, 0) is 0 Å². The summed E-state index contributed by atoms with van der Waals surface area (Å²) in [4.78, 5) is 15.0. The van der Waals surface area contributed by atoms with Crippen molar-refractivity contribution >= 4 is 21.8 Å². The van der Waals surface area contributed by atoms with Crippen LogP contribution in [0.4, 0.5) is 0 Å². The molecule has 0 N–H and O–H groups in total. The van der Waals surface area contributed by atoms with Gasteiger partial charge in [0.2, 0.25) is 5.95 Å². The number of rotatable bonds is 7. The first-order valence-electron chi connectivity index (χ1n) is 22.3. The van der Waals surface area contributed by atoms with E-state index in [1.54, 1.807) is 18.2 Å². The zero-order valence-corrected chi connectivity index (χ0v) is 29.2. The summed E-state index contributed by atoms with van der Waals surface area (Å²) in [6, 6.07) is 44.8. The van der Waals surface area contributed by atoms with Crippen LogP contribution in [-0.4, -0.2) is 19.5 Å². The molecule has 10 rings (SSSR count). The molecule has 0 amide bonds. The van der Waals surface area contributed by atoms with Gasteiger partial charge in [0.05, 0.1) is 23.4 Å². The van der Waals surface area contributed by atoms with Gasteiger partial charge in [0.1, 0.15) is 0 Å². The third-order valence-corrected chi connectivity index (χ3v) is 9.73. The SMILES string of the molecule is [2H]c1c([2H])c([2H])c(-c2cccc3c4c([2H])c([2H])c([2H])c([2H])c4n(-c4nc(-c5ccc(-c6ccccc6)cc5)nc(-c5ccc(-c6ccc(-c7ccccc7)cc6)cc5)n4)c23)c([2H])c1[2H]. The minimum Gasteiger partial charge on any atom is -0.277 e. The summed E-state index contributed by atoms with van der Waals surface area (Å²) in [7, 11) is 0. The summed E-state index contributed by atoms with van der Waals surface area (Å²) in [6.07, 6.45) is 0. The molecule has 2 aromatic heterocycles. The van der Waals surface area contributed by atoms with E-state index in [0.717, 1.165) is 33.4 Å². The zero-order chi connectivity index (χ0) is 44.4. The fourth-order valence-electron chi connectivity index (χ4n) is 7.02. The predicted octanol–water partition coefficient (Wildman–Crippen LogP) is 13.0. The Morgan fingerprint density at radius 3 is 1.33 bits per heavy atom. The number of hydrogen-bond acceptors (Lipinski definition) is 3. The van der Waals surface area contributed by atoms with Gasteiger partial charge in [-0.25, -0.2) is 4.98 Å². The molecule has 0 aliphatic rings. The maximum Gasteiger partial charge on any atom is 0.238 e. The largest absolute Gasteiger partial charge is 0.277 e. The lowest BCUT2D eigenvalue weighted by Gasteiger charge is -2.13. The Hall–Kier alpha value is -7.43. The average Bonchev–Trinajstić information content (AvgIpc) is 3.71. The van der Waals surface area contributed by atoms with E-state index in [1.165, 1.54) is 4.57 Å². The van der Waals surface area contributed by atoms with Crippen molar-refractivity contribution in [1.29, 1.82) is 0 Å². The Labute approximate surface area is 332 Å². The van der Waals surface area contributed by atoms with Gasteiger partial charge in [-0.3, -0.25) is 4.57 Å². The van der Waals surface area contributed by atoms with Crippen LogP contribution in [0.3, 0.4) is 0 Å². The highest BCUT2D eigenvalue weighted by molar-refractivity contribution is 6.13. The van der Waals surface area contributed by atoms with Crippen LogP contribution in [0.1, 0.15) is 12.3 Å². The highest BCUT2D eigenvalue weighted by Crippen LogP contribution is 2.38. The maximum atomic E-state index is 9.27. The molecule has 10 aromatic rings. The molecular weight excluding hydrogens is 669 g/mol. The lowest BCUT2D eigenvalue weighted by molar-refractivity contribution is 0.954. The fourth-order valence-corrected chi connectivity index (χ4v) is 7.02. The van der Waals surface area contributed by atoms with Crippen molar-refractivity contribution in [3.63, 3.8) is 0 Å². The monoisotopic (exact) mass is 711 g/mol. The number of benzene rings is 8. The lowest BCUT2D eigenvalue weighted by atomic mass is 9.99. The molecule has 0 aliphatic heterocycles. The predicted molar refractivity (Wildman–Crippen MR) is 227 cm³/mol. The van der Waals surface area contributed by atoms with E-state index in [2.05, 4.69) is 36.4 Å². The smallest absolute Gasteiger partial charge is 0.238 e. The number of fused-ring (bicyclic) bond motifs is 3. The summed E-state index contributed by atoms with van der Waals surface area (Å²) in [5, 5.41) is 0.512. The van der Waals surface area contributed by atoms with Gasteiger partial charge in [-0.1, -0.05) is 200 Å². The molecule has 0 saturated heterocycles. The van der Waals surface area contributed by atoms with E-state index in [0.29, 0.717) is 16.5 Å². The molecule has 258 valence electrons. The minimum absolute atomic E-state index is 0.00226. The summed E-state index contributed by atoms with van der Waals surface area (Å²) >= 11 is 0. The molecule has 0 aliphatic carbocycles. The van der Waals surface area contributed by atoms with E-state index in [1.807, 2.05) is 97.1 Å². The van der Waals surface area contributed by atoms with Crippen molar-refractivity contribution in [1.82, 2.24) is 19.5 Å². The third kappa shape index (κ3) is 6.06. The van der Waals surface area contributed by atoms with Crippen LogP contribution in [0.2, 0.25) is 0 Å². The van der Waals surface area contributed by atoms with Crippen molar-refractivity contribution in [3.8, 4) is 73.2 Å². The second-order valence-electron chi connectivity index (χ2n) is 13.0. The van der Waals surface area contributed by atoms with Gasteiger partial charge < -0.3 is 0 Å². The normalized spacial score (nSPS) is 13.6. The standard InChI is InChI=1S/C51H34N4/c1-4-13-35(14-5-1)37-23-25-39(26-24-37)40-29-33-43(34-30-40)50-52-49(42-31-27-38(28-32-42)36-15-6-2-7-16-36)53-51(54-50)55-47-22-11-10-19-45(47)46-21-12-20-44(48(46)55)41-17-8-3-9-18-41/h1-34H/i3D,8D,9D,10D,11D,17D,18D,19D,22D. The first-order chi connectivity index (χ1) is 31.0. The van der Waals surface area contributed by atoms with Crippen molar-refractivity contribution in [3.05, 3.63) is 206 Å². The van der Waals surface area contributed by atoms with Crippen molar-refractivity contribution in [2.24, 2.45) is 0 Å². The van der Waals surface area contributed by atoms with Gasteiger partial charge >= 0.3 is 0 Å². The Morgan fingerprint density at radius 1 is 0.345 bits per heavy atom. The van der Waals surface area contributed by atoms with Crippen LogP contribution in [0.25, 0.3) is 95.0 Å². The van der Waals surface area contributed by atoms with Gasteiger partial charge in [0, 0.05) is 27.5 Å². The van der Waals surface area contributed by atoms with E-state index in [-0.39, 0.29) is 57.2 Å². The first-order valence-corrected chi connectivity index (χ1v) is 17.8. The minimum atomic E-state index is -0.550. The molecule has 2 heterocycles. The van der Waals surface area contributed by atoms with Crippen molar-refractivity contribution in [2.75, 3.05) is 0 Å². The highest BCUT2D eigenvalue weighted by atomic mass is 15.2. The molecule has 0 atom stereocenters. The van der Waals surface area contributed by atoms with Crippen LogP contribution in [0.5, 0.6) is 0 Å². The Balaban J connectivity index is 1.22. The quantitative estimate of drug-likeness (QED) is 0.165. The average molecular weight is 712 g/mol. The van der Waals surface area contributed by atoms with E-state index in [4.69, 9.17) is 25.9 Å². The summed E-state index contributed by atoms with van der Waals surface area (Å²) < 4.78 is 80.5. The first kappa shape index (κ1) is 24.0. The van der Waals surface area contributed by atoms with Gasteiger partial charge in [-0.15, -0.1) is 0 Å². The molecule has 0 fully saturated rings. The van der Waals surface area contributed by atoms with Crippen LogP contribution < -0.4 is 0 Å². The van der Waals surface area contributed by atoms with E-state index < -0.39 is 42.3 Å². The van der Waals surface area contributed by atoms with Crippen molar-refractivity contribution in [2.45, 2.75) is 0 Å². The fraction of sp³-hybridized carbons (Fsp3) is 0. The number of aromatic nitrogens is 4. The van der Waals surface area contributed by atoms with Crippen LogP contribution in [0, 0.1) is 0 Å².